The molecule has 3 saturated heterocycles. The highest BCUT2D eigenvalue weighted by Crippen LogP contribution is 2.53. The molecule has 33 heavy (non-hydrogen) atoms. The van der Waals surface area contributed by atoms with E-state index in [4.69, 9.17) is 9.26 Å². The van der Waals surface area contributed by atoms with E-state index in [1.807, 2.05) is 35.2 Å². The molecule has 0 saturated carbocycles. The van der Waals surface area contributed by atoms with E-state index >= 15 is 0 Å². The molecule has 8 heteroatoms. The molecule has 3 fully saturated rings. The molecule has 1 amide bonds. The highest BCUT2D eigenvalue weighted by molar-refractivity contribution is 5.89. The van der Waals surface area contributed by atoms with Crippen molar-refractivity contribution in [3.05, 3.63) is 70.6 Å². The van der Waals surface area contributed by atoms with Crippen molar-refractivity contribution in [1.29, 1.82) is 0 Å². The molecule has 1 spiro atoms. The SMILES string of the molecule is C[C@@]12CC[C@@H](c3ccccc3)N1C(=O)C1(CCN(c3ccc(-c4cc(=O)[nH]o4)cn3)CC1)O2. The van der Waals surface area contributed by atoms with Crippen LogP contribution in [0.3, 0.4) is 0 Å². The van der Waals surface area contributed by atoms with Gasteiger partial charge in [0.25, 0.3) is 11.5 Å². The molecule has 8 nitrogen and oxygen atoms in total. The summed E-state index contributed by atoms with van der Waals surface area (Å²) in [6.45, 7) is 3.45. The lowest BCUT2D eigenvalue weighted by Gasteiger charge is -2.38. The first-order valence-corrected chi connectivity index (χ1v) is 11.5. The number of H-pyrrole nitrogens is 1. The number of anilines is 1. The number of aromatic amines is 1. The van der Waals surface area contributed by atoms with Crippen molar-refractivity contribution >= 4 is 11.7 Å². The quantitative estimate of drug-likeness (QED) is 0.662. The van der Waals surface area contributed by atoms with Crippen LogP contribution in [0.1, 0.15) is 44.2 Å². The molecule has 3 aliphatic rings. The van der Waals surface area contributed by atoms with E-state index < -0.39 is 11.3 Å². The van der Waals surface area contributed by atoms with Crippen LogP contribution in [-0.4, -0.2) is 45.4 Å². The van der Waals surface area contributed by atoms with Crippen LogP contribution in [0.15, 0.2) is 64.0 Å². The van der Waals surface area contributed by atoms with Gasteiger partial charge < -0.3 is 19.1 Å². The van der Waals surface area contributed by atoms with Gasteiger partial charge in [0.1, 0.15) is 11.5 Å². The standard InChI is InChI=1S/C25H26N4O4/c1-24-10-9-19(17-5-3-2-4-6-17)29(24)23(31)25(33-24)11-13-28(14-12-25)21-8-7-18(16-26-21)20-15-22(30)27-32-20/h2-8,15-16,19H,9-14H2,1H3,(H,27,30)/t19-,24+/m0/s1. The summed E-state index contributed by atoms with van der Waals surface area (Å²) >= 11 is 0. The monoisotopic (exact) mass is 446 g/mol. The summed E-state index contributed by atoms with van der Waals surface area (Å²) in [5, 5.41) is 2.29. The van der Waals surface area contributed by atoms with Crippen molar-refractivity contribution < 1.29 is 14.1 Å². The Balaban J connectivity index is 1.18. The highest BCUT2D eigenvalue weighted by atomic mass is 16.6. The fourth-order valence-corrected chi connectivity index (χ4v) is 5.67. The third-order valence-corrected chi connectivity index (χ3v) is 7.36. The molecular weight excluding hydrogens is 420 g/mol. The number of aromatic nitrogens is 2. The number of ether oxygens (including phenoxy) is 1. The number of carbonyl (C=O) groups is 1. The Morgan fingerprint density at radius 1 is 1.06 bits per heavy atom. The van der Waals surface area contributed by atoms with Crippen molar-refractivity contribution in [3.63, 3.8) is 0 Å². The smallest absolute Gasteiger partial charge is 0.280 e. The van der Waals surface area contributed by atoms with E-state index in [1.165, 1.54) is 11.6 Å². The summed E-state index contributed by atoms with van der Waals surface area (Å²) in [5.41, 5.74) is 0.337. The van der Waals surface area contributed by atoms with Crippen LogP contribution in [0.4, 0.5) is 5.82 Å². The molecule has 3 aliphatic heterocycles. The summed E-state index contributed by atoms with van der Waals surface area (Å²) in [6.07, 6.45) is 4.74. The number of rotatable bonds is 3. The van der Waals surface area contributed by atoms with Gasteiger partial charge in [0.15, 0.2) is 11.4 Å². The van der Waals surface area contributed by atoms with Crippen LogP contribution < -0.4 is 10.5 Å². The molecule has 0 aliphatic carbocycles. The van der Waals surface area contributed by atoms with Gasteiger partial charge in [0, 0.05) is 37.7 Å². The first kappa shape index (κ1) is 20.2. The van der Waals surface area contributed by atoms with Crippen LogP contribution in [-0.2, 0) is 9.53 Å². The molecule has 5 heterocycles. The number of amides is 1. The van der Waals surface area contributed by atoms with Crippen LogP contribution in [0.25, 0.3) is 11.3 Å². The maximum atomic E-state index is 13.7. The van der Waals surface area contributed by atoms with E-state index in [0.717, 1.165) is 24.2 Å². The van der Waals surface area contributed by atoms with Gasteiger partial charge in [-0.1, -0.05) is 30.3 Å². The summed E-state index contributed by atoms with van der Waals surface area (Å²) in [5.74, 6) is 1.43. The lowest BCUT2D eigenvalue weighted by molar-refractivity contribution is -0.143. The Morgan fingerprint density at radius 3 is 2.52 bits per heavy atom. The van der Waals surface area contributed by atoms with Gasteiger partial charge in [-0.05, 0) is 37.5 Å². The number of fused-ring (bicyclic) bond motifs is 1. The number of nitrogens with one attached hydrogen (secondary N) is 1. The minimum Gasteiger partial charge on any atom is -0.378 e. The third-order valence-electron chi connectivity index (χ3n) is 7.36. The Bertz CT molecular complexity index is 1230. The van der Waals surface area contributed by atoms with Gasteiger partial charge in [0.2, 0.25) is 0 Å². The average Bonchev–Trinajstić information content (AvgIpc) is 3.48. The fraction of sp³-hybridized carbons (Fsp3) is 0.400. The maximum Gasteiger partial charge on any atom is 0.280 e. The van der Waals surface area contributed by atoms with E-state index in [2.05, 4.69) is 34.1 Å². The Labute approximate surface area is 191 Å². The predicted octanol–water partition coefficient (Wildman–Crippen LogP) is 3.48. The van der Waals surface area contributed by atoms with Crippen LogP contribution in [0.5, 0.6) is 0 Å². The fourth-order valence-electron chi connectivity index (χ4n) is 5.67. The minimum atomic E-state index is -0.757. The second-order valence-corrected chi connectivity index (χ2v) is 9.38. The zero-order chi connectivity index (χ0) is 22.6. The number of nitrogens with zero attached hydrogens (tertiary/aromatic N) is 3. The first-order valence-electron chi connectivity index (χ1n) is 11.5. The second-order valence-electron chi connectivity index (χ2n) is 9.38. The molecule has 1 N–H and O–H groups in total. The predicted molar refractivity (Wildman–Crippen MR) is 121 cm³/mol. The Kier molecular flexibility index (Phi) is 4.48. The van der Waals surface area contributed by atoms with Crippen LogP contribution in [0.2, 0.25) is 0 Å². The Morgan fingerprint density at radius 2 is 1.85 bits per heavy atom. The molecular formula is C25H26N4O4. The van der Waals surface area contributed by atoms with Crippen molar-refractivity contribution in [3.8, 4) is 11.3 Å². The summed E-state index contributed by atoms with van der Waals surface area (Å²) in [7, 11) is 0. The minimum absolute atomic E-state index is 0.0730. The zero-order valence-corrected chi connectivity index (χ0v) is 18.5. The first-order chi connectivity index (χ1) is 16.0. The van der Waals surface area contributed by atoms with Gasteiger partial charge in [-0.2, -0.15) is 5.16 Å². The van der Waals surface area contributed by atoms with Gasteiger partial charge in [-0.15, -0.1) is 0 Å². The van der Waals surface area contributed by atoms with Gasteiger partial charge >= 0.3 is 0 Å². The zero-order valence-electron chi connectivity index (χ0n) is 18.5. The molecule has 0 unspecified atom stereocenters. The molecule has 1 aromatic carbocycles. The van der Waals surface area contributed by atoms with Crippen LogP contribution in [0, 0.1) is 0 Å². The van der Waals surface area contributed by atoms with Crippen molar-refractivity contribution in [1.82, 2.24) is 15.0 Å². The molecule has 3 aromatic rings. The summed E-state index contributed by atoms with van der Waals surface area (Å²) in [6, 6.07) is 15.6. The topological polar surface area (TPSA) is 91.7 Å². The highest BCUT2D eigenvalue weighted by Gasteiger charge is 2.63. The average molecular weight is 447 g/mol. The second kappa shape index (κ2) is 7.31. The van der Waals surface area contributed by atoms with E-state index in [0.29, 0.717) is 31.7 Å². The molecule has 2 aromatic heterocycles. The lowest BCUT2D eigenvalue weighted by atomic mass is 9.89. The largest absolute Gasteiger partial charge is 0.378 e. The van der Waals surface area contributed by atoms with E-state index in [1.54, 1.807) is 6.20 Å². The number of pyridine rings is 1. The van der Waals surface area contributed by atoms with Gasteiger partial charge in [0.05, 0.1) is 12.1 Å². The van der Waals surface area contributed by atoms with Crippen molar-refractivity contribution in [2.45, 2.75) is 50.0 Å². The van der Waals surface area contributed by atoms with E-state index in [9.17, 15) is 9.59 Å². The van der Waals surface area contributed by atoms with Gasteiger partial charge in [-0.3, -0.25) is 9.59 Å². The number of carbonyl (C=O) groups excluding carboxylic acids is 1. The molecule has 170 valence electrons. The molecule has 2 atom stereocenters. The van der Waals surface area contributed by atoms with Crippen molar-refractivity contribution in [2.75, 3.05) is 18.0 Å². The maximum absolute atomic E-state index is 13.7. The summed E-state index contributed by atoms with van der Waals surface area (Å²) in [4.78, 5) is 33.8. The molecule has 0 radical (unpaired) electrons. The molecule has 0 bridgehead atoms. The van der Waals surface area contributed by atoms with Crippen molar-refractivity contribution in [2.24, 2.45) is 0 Å². The van der Waals surface area contributed by atoms with Crippen LogP contribution >= 0.6 is 0 Å². The lowest BCUT2D eigenvalue weighted by Crippen LogP contribution is -2.50. The number of piperidine rings is 1. The number of benzene rings is 1. The number of hydrogen-bond acceptors (Lipinski definition) is 6. The van der Waals surface area contributed by atoms with Gasteiger partial charge in [-0.25, -0.2) is 4.98 Å². The normalized spacial score (nSPS) is 26.2. The Hall–Kier alpha value is -3.39. The molecule has 6 rings (SSSR count). The third kappa shape index (κ3) is 3.20. The van der Waals surface area contributed by atoms with E-state index in [-0.39, 0.29) is 17.5 Å². The summed E-state index contributed by atoms with van der Waals surface area (Å²) < 4.78 is 11.8. The number of hydrogen-bond donors (Lipinski definition) is 1.